The van der Waals surface area contributed by atoms with Gasteiger partial charge in [0.15, 0.2) is 5.96 Å². The van der Waals surface area contributed by atoms with Crippen molar-refractivity contribution in [2.24, 2.45) is 16.8 Å². The summed E-state index contributed by atoms with van der Waals surface area (Å²) in [5.74, 6) is 1.58. The van der Waals surface area contributed by atoms with Gasteiger partial charge in [-0.1, -0.05) is 0 Å². The fourth-order valence-corrected chi connectivity index (χ4v) is 3.53. The molecule has 28 heavy (non-hydrogen) atoms. The van der Waals surface area contributed by atoms with Gasteiger partial charge in [0.2, 0.25) is 0 Å². The molecule has 0 bridgehead atoms. The molecule has 0 saturated carbocycles. The van der Waals surface area contributed by atoms with Crippen LogP contribution in [0.15, 0.2) is 4.99 Å². The van der Waals surface area contributed by atoms with E-state index in [1.165, 1.54) is 0 Å². The Kier molecular flexibility index (Phi) is 13.9. The first-order valence-corrected chi connectivity index (χ1v) is 10.6. The zero-order valence-electron chi connectivity index (χ0n) is 17.5. The highest BCUT2D eigenvalue weighted by Crippen LogP contribution is 2.19. The first kappa shape index (κ1) is 25.4. The third kappa shape index (κ3) is 9.26. The Balaban J connectivity index is 0.00000392. The number of likely N-dealkylation sites (tertiary alicyclic amines) is 1. The van der Waals surface area contributed by atoms with Crippen LogP contribution in [0.4, 0.5) is 0 Å². The number of carbonyl (C=O) groups is 1. The van der Waals surface area contributed by atoms with E-state index in [0.717, 1.165) is 90.7 Å². The van der Waals surface area contributed by atoms with Gasteiger partial charge in [0, 0.05) is 52.6 Å². The number of hydrogen-bond acceptors (Lipinski definition) is 5. The van der Waals surface area contributed by atoms with E-state index in [9.17, 15) is 4.79 Å². The van der Waals surface area contributed by atoms with Crippen LogP contribution in [0.2, 0.25) is 0 Å². The normalized spacial score (nSPS) is 19.2. The van der Waals surface area contributed by atoms with Crippen molar-refractivity contribution in [3.63, 3.8) is 0 Å². The Morgan fingerprint density at radius 2 is 1.89 bits per heavy atom. The number of hydrogen-bond donors (Lipinski definition) is 1. The molecule has 2 fully saturated rings. The maximum atomic E-state index is 11.9. The molecule has 1 N–H and O–H groups in total. The van der Waals surface area contributed by atoms with Gasteiger partial charge in [-0.15, -0.1) is 24.0 Å². The van der Waals surface area contributed by atoms with E-state index < -0.39 is 0 Å². The van der Waals surface area contributed by atoms with Crippen molar-refractivity contribution in [1.29, 1.82) is 0 Å². The number of halogens is 1. The summed E-state index contributed by atoms with van der Waals surface area (Å²) in [4.78, 5) is 18.9. The molecule has 164 valence electrons. The minimum absolute atomic E-state index is 0. The van der Waals surface area contributed by atoms with Crippen LogP contribution < -0.4 is 5.32 Å². The summed E-state index contributed by atoms with van der Waals surface area (Å²) in [6.07, 6.45) is 4.82. The van der Waals surface area contributed by atoms with Gasteiger partial charge in [-0.05, 0) is 51.9 Å². The van der Waals surface area contributed by atoms with Gasteiger partial charge in [-0.3, -0.25) is 9.79 Å². The summed E-state index contributed by atoms with van der Waals surface area (Å²) >= 11 is 0. The van der Waals surface area contributed by atoms with Crippen LogP contribution in [0.1, 0.15) is 46.0 Å². The third-order valence-corrected chi connectivity index (χ3v) is 5.15. The van der Waals surface area contributed by atoms with Crippen LogP contribution in [0, 0.1) is 11.8 Å². The molecule has 8 heteroatoms. The van der Waals surface area contributed by atoms with Gasteiger partial charge < -0.3 is 24.4 Å². The van der Waals surface area contributed by atoms with Crippen LogP contribution in [0.3, 0.4) is 0 Å². The van der Waals surface area contributed by atoms with E-state index in [1.807, 2.05) is 6.92 Å². The summed E-state index contributed by atoms with van der Waals surface area (Å²) in [6, 6.07) is 0. The van der Waals surface area contributed by atoms with Crippen LogP contribution >= 0.6 is 24.0 Å². The zero-order valence-corrected chi connectivity index (χ0v) is 19.8. The molecule has 0 unspecified atom stereocenters. The Morgan fingerprint density at radius 1 is 1.18 bits per heavy atom. The molecule has 0 aromatic rings. The third-order valence-electron chi connectivity index (χ3n) is 5.15. The van der Waals surface area contributed by atoms with Crippen molar-refractivity contribution in [3.05, 3.63) is 0 Å². The van der Waals surface area contributed by atoms with E-state index in [1.54, 1.807) is 0 Å². The smallest absolute Gasteiger partial charge is 0.309 e. The molecule has 0 radical (unpaired) electrons. The monoisotopic (exact) mass is 511 g/mol. The second kappa shape index (κ2) is 15.3. The maximum absolute atomic E-state index is 11.9. The molecule has 2 aliphatic rings. The fraction of sp³-hybridized carbons (Fsp3) is 0.900. The first-order valence-electron chi connectivity index (χ1n) is 10.6. The van der Waals surface area contributed by atoms with Crippen molar-refractivity contribution in [2.75, 3.05) is 59.2 Å². The summed E-state index contributed by atoms with van der Waals surface area (Å²) in [5, 5.41) is 3.37. The summed E-state index contributed by atoms with van der Waals surface area (Å²) in [7, 11) is 0. The van der Waals surface area contributed by atoms with E-state index in [2.05, 4.69) is 17.1 Å². The number of aliphatic imine (C=N–C) groups is 1. The molecule has 0 spiro atoms. The quantitative estimate of drug-likeness (QED) is 0.169. The van der Waals surface area contributed by atoms with Crippen molar-refractivity contribution in [3.8, 4) is 0 Å². The second-order valence-electron chi connectivity index (χ2n) is 7.23. The molecular weight excluding hydrogens is 473 g/mol. The van der Waals surface area contributed by atoms with Crippen LogP contribution in [0.5, 0.6) is 0 Å². The number of piperidine rings is 1. The van der Waals surface area contributed by atoms with Gasteiger partial charge >= 0.3 is 5.97 Å². The Morgan fingerprint density at radius 3 is 2.54 bits per heavy atom. The van der Waals surface area contributed by atoms with Crippen molar-refractivity contribution >= 4 is 35.9 Å². The fourth-order valence-electron chi connectivity index (χ4n) is 3.53. The summed E-state index contributed by atoms with van der Waals surface area (Å²) in [6.45, 7) is 11.0. The molecule has 0 aromatic carbocycles. The van der Waals surface area contributed by atoms with E-state index in [4.69, 9.17) is 19.2 Å². The first-order chi connectivity index (χ1) is 13.2. The minimum atomic E-state index is -0.0548. The average Bonchev–Trinajstić information content (AvgIpc) is 2.71. The lowest BCUT2D eigenvalue weighted by Crippen LogP contribution is -2.46. The standard InChI is InChI=1S/C20H37N3O4.HI/c1-3-21-20(23-11-6-18(7-12-23)19(24)27-4-2)22-10-5-13-26-16-17-8-14-25-15-9-17;/h17-18H,3-16H2,1-2H3,(H,21,22);1H. The predicted octanol–water partition coefficient (Wildman–Crippen LogP) is 2.68. The second-order valence-corrected chi connectivity index (χ2v) is 7.23. The molecule has 0 aliphatic carbocycles. The zero-order chi connectivity index (χ0) is 19.3. The van der Waals surface area contributed by atoms with Crippen LogP contribution in [-0.2, 0) is 19.0 Å². The lowest BCUT2D eigenvalue weighted by atomic mass is 9.97. The Hall–Kier alpha value is -0.610. The number of guanidine groups is 1. The maximum Gasteiger partial charge on any atom is 0.309 e. The molecule has 2 saturated heterocycles. The average molecular weight is 511 g/mol. The lowest BCUT2D eigenvalue weighted by molar-refractivity contribution is -0.149. The van der Waals surface area contributed by atoms with Gasteiger partial charge in [0.25, 0.3) is 0 Å². The number of ether oxygens (including phenoxy) is 3. The highest BCUT2D eigenvalue weighted by molar-refractivity contribution is 14.0. The molecular formula is C20H38IN3O4. The number of carbonyl (C=O) groups excluding carboxylic acids is 1. The largest absolute Gasteiger partial charge is 0.466 e. The molecule has 0 aromatic heterocycles. The molecule has 7 nitrogen and oxygen atoms in total. The molecule has 0 atom stereocenters. The molecule has 2 aliphatic heterocycles. The molecule has 0 amide bonds. The van der Waals surface area contributed by atoms with Crippen LogP contribution in [0.25, 0.3) is 0 Å². The molecule has 2 rings (SSSR count). The van der Waals surface area contributed by atoms with Crippen LogP contribution in [-0.4, -0.2) is 76.0 Å². The van der Waals surface area contributed by atoms with Crippen molar-refractivity contribution in [1.82, 2.24) is 10.2 Å². The van der Waals surface area contributed by atoms with Gasteiger partial charge in [0.05, 0.1) is 12.5 Å². The van der Waals surface area contributed by atoms with Crippen molar-refractivity contribution in [2.45, 2.75) is 46.0 Å². The predicted molar refractivity (Wildman–Crippen MR) is 121 cm³/mol. The number of esters is 1. The van der Waals surface area contributed by atoms with Gasteiger partial charge in [0.1, 0.15) is 0 Å². The Bertz CT molecular complexity index is 451. The topological polar surface area (TPSA) is 72.4 Å². The van der Waals surface area contributed by atoms with Crippen molar-refractivity contribution < 1.29 is 19.0 Å². The summed E-state index contributed by atoms with van der Waals surface area (Å²) < 4.78 is 16.3. The summed E-state index contributed by atoms with van der Waals surface area (Å²) in [5.41, 5.74) is 0. The molecule has 2 heterocycles. The van der Waals surface area contributed by atoms with E-state index in [0.29, 0.717) is 12.5 Å². The SMILES string of the molecule is CCNC(=NCCCOCC1CCOCC1)N1CCC(C(=O)OCC)CC1.I. The number of rotatable bonds is 9. The van der Waals surface area contributed by atoms with Gasteiger partial charge in [-0.25, -0.2) is 0 Å². The number of nitrogens with one attached hydrogen (secondary N) is 1. The minimum Gasteiger partial charge on any atom is -0.466 e. The van der Waals surface area contributed by atoms with E-state index >= 15 is 0 Å². The highest BCUT2D eigenvalue weighted by atomic mass is 127. The van der Waals surface area contributed by atoms with E-state index in [-0.39, 0.29) is 35.9 Å². The van der Waals surface area contributed by atoms with Gasteiger partial charge in [-0.2, -0.15) is 0 Å². The Labute approximate surface area is 187 Å². The lowest BCUT2D eigenvalue weighted by Gasteiger charge is -2.33. The number of nitrogens with zero attached hydrogens (tertiary/aromatic N) is 2. The highest BCUT2D eigenvalue weighted by Gasteiger charge is 2.27.